The lowest BCUT2D eigenvalue weighted by Crippen LogP contribution is -2.39. The Morgan fingerprint density at radius 3 is 2.08 bits per heavy atom. The largest absolute Gasteiger partial charge is 0.318 e. The monoisotopic (exact) mass is 371 g/mol. The number of para-hydroxylation sites is 1. The first kappa shape index (κ1) is 17.5. The van der Waals surface area contributed by atoms with E-state index in [0.29, 0.717) is 15.7 Å². The molecule has 1 amide bonds. The SMILES string of the molecule is O=C(C[n+]1ccc(Cc2ccccc2)cc1)Nc1c(Cl)cccc1Cl. The van der Waals surface area contributed by atoms with Crippen LogP contribution in [0.25, 0.3) is 0 Å². The van der Waals surface area contributed by atoms with Gasteiger partial charge in [0.25, 0.3) is 5.91 Å². The van der Waals surface area contributed by atoms with Gasteiger partial charge in [0.05, 0.1) is 15.7 Å². The Morgan fingerprint density at radius 2 is 1.44 bits per heavy atom. The zero-order chi connectivity index (χ0) is 17.6. The molecule has 1 aromatic heterocycles. The second-order valence-electron chi connectivity index (χ2n) is 5.69. The van der Waals surface area contributed by atoms with Gasteiger partial charge in [0, 0.05) is 12.1 Å². The third kappa shape index (κ3) is 4.81. The van der Waals surface area contributed by atoms with Crippen molar-refractivity contribution < 1.29 is 9.36 Å². The molecule has 0 saturated carbocycles. The summed E-state index contributed by atoms with van der Waals surface area (Å²) in [5.41, 5.74) is 2.89. The van der Waals surface area contributed by atoms with Gasteiger partial charge in [0.2, 0.25) is 6.54 Å². The number of carbonyl (C=O) groups is 1. The number of halogens is 2. The van der Waals surface area contributed by atoms with Crippen LogP contribution in [-0.2, 0) is 17.8 Å². The summed E-state index contributed by atoms with van der Waals surface area (Å²) < 4.78 is 1.81. The van der Waals surface area contributed by atoms with Gasteiger partial charge < -0.3 is 5.32 Å². The van der Waals surface area contributed by atoms with Gasteiger partial charge >= 0.3 is 0 Å². The topological polar surface area (TPSA) is 33.0 Å². The first-order valence-electron chi connectivity index (χ1n) is 7.87. The summed E-state index contributed by atoms with van der Waals surface area (Å²) >= 11 is 12.1. The molecule has 3 aromatic rings. The van der Waals surface area contributed by atoms with Crippen LogP contribution >= 0.6 is 23.2 Å². The highest BCUT2D eigenvalue weighted by Crippen LogP contribution is 2.29. The number of hydrogen-bond acceptors (Lipinski definition) is 1. The van der Waals surface area contributed by atoms with Crippen molar-refractivity contribution in [2.75, 3.05) is 5.32 Å². The van der Waals surface area contributed by atoms with E-state index in [4.69, 9.17) is 23.2 Å². The molecule has 0 saturated heterocycles. The average Bonchev–Trinajstić information content (AvgIpc) is 2.61. The smallest absolute Gasteiger partial charge is 0.290 e. The van der Waals surface area contributed by atoms with Crippen LogP contribution in [0, 0.1) is 0 Å². The number of amides is 1. The number of aromatic nitrogens is 1. The predicted octanol–water partition coefficient (Wildman–Crippen LogP) is 4.51. The molecule has 0 radical (unpaired) electrons. The summed E-state index contributed by atoms with van der Waals surface area (Å²) in [6, 6.07) is 19.4. The summed E-state index contributed by atoms with van der Waals surface area (Å²) in [6.45, 7) is 0.188. The highest BCUT2D eigenvalue weighted by Gasteiger charge is 2.13. The first-order valence-corrected chi connectivity index (χ1v) is 8.63. The molecule has 3 nitrogen and oxygen atoms in total. The maximum absolute atomic E-state index is 12.2. The molecular formula is C20H17Cl2N2O+. The van der Waals surface area contributed by atoms with Crippen molar-refractivity contribution in [3.8, 4) is 0 Å². The highest BCUT2D eigenvalue weighted by molar-refractivity contribution is 6.39. The third-order valence-corrected chi connectivity index (χ3v) is 4.39. The van der Waals surface area contributed by atoms with Crippen molar-refractivity contribution in [3.05, 3.63) is 94.2 Å². The zero-order valence-corrected chi connectivity index (χ0v) is 15.0. The van der Waals surface area contributed by atoms with E-state index >= 15 is 0 Å². The van der Waals surface area contributed by atoms with Crippen LogP contribution in [0.5, 0.6) is 0 Å². The van der Waals surface area contributed by atoms with Gasteiger partial charge in [0.1, 0.15) is 0 Å². The molecule has 0 aliphatic heterocycles. The van der Waals surface area contributed by atoms with Gasteiger partial charge in [-0.15, -0.1) is 0 Å². The van der Waals surface area contributed by atoms with Crippen molar-refractivity contribution in [1.82, 2.24) is 0 Å². The zero-order valence-electron chi connectivity index (χ0n) is 13.5. The minimum Gasteiger partial charge on any atom is -0.318 e. The van der Waals surface area contributed by atoms with Crippen molar-refractivity contribution in [1.29, 1.82) is 0 Å². The van der Waals surface area contributed by atoms with E-state index < -0.39 is 0 Å². The van der Waals surface area contributed by atoms with E-state index in [2.05, 4.69) is 17.4 Å². The number of carbonyl (C=O) groups excluding carboxylic acids is 1. The van der Waals surface area contributed by atoms with Gasteiger partial charge in [0.15, 0.2) is 12.4 Å². The summed E-state index contributed by atoms with van der Waals surface area (Å²) in [6.07, 6.45) is 4.65. The Hall–Kier alpha value is -2.36. The number of nitrogens with one attached hydrogen (secondary N) is 1. The number of nitrogens with zero attached hydrogens (tertiary/aromatic N) is 1. The summed E-state index contributed by atoms with van der Waals surface area (Å²) in [7, 11) is 0. The number of rotatable bonds is 5. The molecule has 3 rings (SSSR count). The van der Waals surface area contributed by atoms with Crippen LogP contribution in [0.15, 0.2) is 73.1 Å². The number of hydrogen-bond donors (Lipinski definition) is 1. The Bertz CT molecular complexity index is 844. The van der Waals surface area contributed by atoms with Crippen molar-refractivity contribution >= 4 is 34.8 Å². The molecule has 126 valence electrons. The van der Waals surface area contributed by atoms with E-state index in [1.807, 2.05) is 47.3 Å². The molecule has 0 aliphatic rings. The Morgan fingerprint density at radius 1 is 0.840 bits per heavy atom. The fraction of sp³-hybridized carbons (Fsp3) is 0.100. The third-order valence-electron chi connectivity index (χ3n) is 3.76. The fourth-order valence-electron chi connectivity index (χ4n) is 2.51. The highest BCUT2D eigenvalue weighted by atomic mass is 35.5. The lowest BCUT2D eigenvalue weighted by atomic mass is 10.1. The molecule has 5 heteroatoms. The van der Waals surface area contributed by atoms with Gasteiger partial charge in [-0.05, 0) is 29.7 Å². The molecule has 0 spiro atoms. The predicted molar refractivity (Wildman–Crippen MR) is 101 cm³/mol. The lowest BCUT2D eigenvalue weighted by Gasteiger charge is -2.07. The van der Waals surface area contributed by atoms with Gasteiger partial charge in [-0.2, -0.15) is 4.57 Å². The summed E-state index contributed by atoms with van der Waals surface area (Å²) in [5.74, 6) is -0.184. The molecule has 25 heavy (non-hydrogen) atoms. The average molecular weight is 372 g/mol. The Balaban J connectivity index is 1.62. The fourth-order valence-corrected chi connectivity index (χ4v) is 3.00. The van der Waals surface area contributed by atoms with Crippen molar-refractivity contribution in [2.24, 2.45) is 0 Å². The Kier molecular flexibility index (Phi) is 5.69. The molecule has 0 atom stereocenters. The number of benzene rings is 2. The lowest BCUT2D eigenvalue weighted by molar-refractivity contribution is -0.684. The van der Waals surface area contributed by atoms with Gasteiger partial charge in [-0.1, -0.05) is 59.6 Å². The van der Waals surface area contributed by atoms with Crippen molar-refractivity contribution in [3.63, 3.8) is 0 Å². The van der Waals surface area contributed by atoms with Crippen LogP contribution in [0.2, 0.25) is 10.0 Å². The number of anilines is 1. The molecule has 0 bridgehead atoms. The molecule has 0 fully saturated rings. The molecular weight excluding hydrogens is 355 g/mol. The minimum absolute atomic E-state index is 0.184. The minimum atomic E-state index is -0.184. The molecule has 0 unspecified atom stereocenters. The molecule has 0 aliphatic carbocycles. The van der Waals surface area contributed by atoms with Crippen LogP contribution in [0.1, 0.15) is 11.1 Å². The van der Waals surface area contributed by atoms with Crippen LogP contribution in [0.4, 0.5) is 5.69 Å². The maximum Gasteiger partial charge on any atom is 0.290 e. The van der Waals surface area contributed by atoms with E-state index in [1.54, 1.807) is 18.2 Å². The second-order valence-corrected chi connectivity index (χ2v) is 6.50. The molecule has 1 N–H and O–H groups in total. The maximum atomic E-state index is 12.2. The normalized spacial score (nSPS) is 10.5. The van der Waals surface area contributed by atoms with E-state index in [-0.39, 0.29) is 12.5 Å². The molecule has 1 heterocycles. The summed E-state index contributed by atoms with van der Waals surface area (Å²) in [4.78, 5) is 12.2. The number of pyridine rings is 1. The first-order chi connectivity index (χ1) is 12.1. The molecule has 2 aromatic carbocycles. The Labute approximate surface area is 156 Å². The summed E-state index contributed by atoms with van der Waals surface area (Å²) in [5, 5.41) is 3.60. The van der Waals surface area contributed by atoms with Crippen molar-refractivity contribution in [2.45, 2.75) is 13.0 Å². The van der Waals surface area contributed by atoms with E-state index in [1.165, 1.54) is 11.1 Å². The van der Waals surface area contributed by atoms with Crippen LogP contribution in [-0.4, -0.2) is 5.91 Å². The van der Waals surface area contributed by atoms with Crippen LogP contribution in [0.3, 0.4) is 0 Å². The standard InChI is InChI=1S/C20H16Cl2N2O/c21-17-7-4-8-18(22)20(17)23-19(25)14-24-11-9-16(10-12-24)13-15-5-2-1-3-6-15/h1-12H,13-14H2/p+1. The van der Waals surface area contributed by atoms with Crippen LogP contribution < -0.4 is 9.88 Å². The van der Waals surface area contributed by atoms with E-state index in [9.17, 15) is 4.79 Å². The van der Waals surface area contributed by atoms with E-state index in [0.717, 1.165) is 6.42 Å². The second kappa shape index (κ2) is 8.15. The van der Waals surface area contributed by atoms with Gasteiger partial charge in [-0.25, -0.2) is 0 Å². The van der Waals surface area contributed by atoms with Gasteiger partial charge in [-0.3, -0.25) is 4.79 Å². The quantitative estimate of drug-likeness (QED) is 0.657.